The highest BCUT2D eigenvalue weighted by Crippen LogP contribution is 2.18. The van der Waals surface area contributed by atoms with E-state index in [4.69, 9.17) is 0 Å². The zero-order valence-corrected chi connectivity index (χ0v) is 16.6. The van der Waals surface area contributed by atoms with Gasteiger partial charge in [-0.3, -0.25) is 9.67 Å². The van der Waals surface area contributed by atoms with Crippen LogP contribution in [0.1, 0.15) is 36.6 Å². The number of benzene rings is 1. The van der Waals surface area contributed by atoms with Crippen LogP contribution >= 0.6 is 15.9 Å². The summed E-state index contributed by atoms with van der Waals surface area (Å²) in [6.07, 6.45) is 2.09. The SMILES string of the molecule is CN=C(NCc1cccc(Br)c1)N(C)Cc1cn(C)nc1C(C)C. The number of aromatic nitrogens is 2. The Hall–Kier alpha value is -1.82. The van der Waals surface area contributed by atoms with E-state index in [1.807, 2.05) is 38.0 Å². The van der Waals surface area contributed by atoms with E-state index in [0.29, 0.717) is 5.92 Å². The topological polar surface area (TPSA) is 45.5 Å². The lowest BCUT2D eigenvalue weighted by Gasteiger charge is -2.22. The number of hydrogen-bond acceptors (Lipinski definition) is 2. The number of aryl methyl sites for hydroxylation is 1. The number of rotatable bonds is 5. The molecule has 0 unspecified atom stereocenters. The monoisotopic (exact) mass is 391 g/mol. The van der Waals surface area contributed by atoms with Gasteiger partial charge in [0.25, 0.3) is 0 Å². The molecule has 1 N–H and O–H groups in total. The maximum Gasteiger partial charge on any atom is 0.193 e. The molecule has 130 valence electrons. The largest absolute Gasteiger partial charge is 0.352 e. The third-order valence-corrected chi connectivity index (χ3v) is 4.30. The summed E-state index contributed by atoms with van der Waals surface area (Å²) in [5, 5.41) is 7.99. The van der Waals surface area contributed by atoms with Crippen LogP contribution in [-0.2, 0) is 20.1 Å². The molecule has 2 rings (SSSR count). The molecule has 0 aliphatic rings. The number of aliphatic imine (C=N–C) groups is 1. The molecule has 0 spiro atoms. The van der Waals surface area contributed by atoms with Gasteiger partial charge in [-0.15, -0.1) is 0 Å². The Bertz CT molecular complexity index is 705. The number of nitrogens with zero attached hydrogens (tertiary/aromatic N) is 4. The van der Waals surface area contributed by atoms with Crippen molar-refractivity contribution >= 4 is 21.9 Å². The molecule has 0 fully saturated rings. The Morgan fingerprint density at radius 3 is 2.79 bits per heavy atom. The predicted octanol–water partition coefficient (Wildman–Crippen LogP) is 3.51. The normalized spacial score (nSPS) is 11.9. The van der Waals surface area contributed by atoms with Gasteiger partial charge in [0.15, 0.2) is 5.96 Å². The maximum atomic E-state index is 4.58. The Morgan fingerprint density at radius 1 is 1.42 bits per heavy atom. The fraction of sp³-hybridized carbons (Fsp3) is 0.444. The van der Waals surface area contributed by atoms with E-state index < -0.39 is 0 Å². The van der Waals surface area contributed by atoms with Gasteiger partial charge in [-0.05, 0) is 23.6 Å². The molecular formula is C18H26BrN5. The van der Waals surface area contributed by atoms with Crippen LogP contribution in [0.2, 0.25) is 0 Å². The quantitative estimate of drug-likeness (QED) is 0.626. The summed E-state index contributed by atoms with van der Waals surface area (Å²) in [5.41, 5.74) is 3.59. The van der Waals surface area contributed by atoms with Crippen molar-refractivity contribution in [2.75, 3.05) is 14.1 Å². The number of nitrogens with one attached hydrogen (secondary N) is 1. The molecule has 1 aromatic heterocycles. The van der Waals surface area contributed by atoms with Crippen LogP contribution in [0.3, 0.4) is 0 Å². The molecule has 0 amide bonds. The lowest BCUT2D eigenvalue weighted by molar-refractivity contribution is 0.473. The van der Waals surface area contributed by atoms with E-state index >= 15 is 0 Å². The van der Waals surface area contributed by atoms with Gasteiger partial charge in [0, 0.05) is 50.5 Å². The first-order chi connectivity index (χ1) is 11.4. The Balaban J connectivity index is 2.03. The van der Waals surface area contributed by atoms with Crippen LogP contribution in [0.25, 0.3) is 0 Å². The molecule has 24 heavy (non-hydrogen) atoms. The van der Waals surface area contributed by atoms with Crippen LogP contribution in [0.5, 0.6) is 0 Å². The predicted molar refractivity (Wildman–Crippen MR) is 103 cm³/mol. The summed E-state index contributed by atoms with van der Waals surface area (Å²) in [6.45, 7) is 5.86. The summed E-state index contributed by atoms with van der Waals surface area (Å²) in [6, 6.07) is 8.28. The molecular weight excluding hydrogens is 366 g/mol. The van der Waals surface area contributed by atoms with Gasteiger partial charge < -0.3 is 10.2 Å². The van der Waals surface area contributed by atoms with Crippen LogP contribution in [0, 0.1) is 0 Å². The standard InChI is InChI=1S/C18H26BrN5/c1-13(2)17-15(12-24(5)22-17)11-23(4)18(20-3)21-10-14-7-6-8-16(19)9-14/h6-9,12-13H,10-11H2,1-5H3,(H,20,21). The van der Waals surface area contributed by atoms with E-state index in [0.717, 1.165) is 29.2 Å². The molecule has 0 saturated heterocycles. The first-order valence-corrected chi connectivity index (χ1v) is 8.88. The maximum absolute atomic E-state index is 4.58. The van der Waals surface area contributed by atoms with E-state index in [1.165, 1.54) is 11.1 Å². The molecule has 0 saturated carbocycles. The van der Waals surface area contributed by atoms with Crippen LogP contribution in [0.4, 0.5) is 0 Å². The molecule has 6 heteroatoms. The number of halogens is 1. The fourth-order valence-corrected chi connectivity index (χ4v) is 3.15. The summed E-state index contributed by atoms with van der Waals surface area (Å²) in [5.74, 6) is 1.28. The van der Waals surface area contributed by atoms with Crippen LogP contribution in [0.15, 0.2) is 39.9 Å². The third-order valence-electron chi connectivity index (χ3n) is 3.80. The molecule has 0 bridgehead atoms. The summed E-state index contributed by atoms with van der Waals surface area (Å²) < 4.78 is 2.97. The fourth-order valence-electron chi connectivity index (χ4n) is 2.71. The number of hydrogen-bond donors (Lipinski definition) is 1. The minimum absolute atomic E-state index is 0.409. The van der Waals surface area contributed by atoms with E-state index in [-0.39, 0.29) is 0 Å². The summed E-state index contributed by atoms with van der Waals surface area (Å²) >= 11 is 3.51. The third kappa shape index (κ3) is 4.84. The van der Waals surface area contributed by atoms with Crippen molar-refractivity contribution < 1.29 is 0 Å². The lowest BCUT2D eigenvalue weighted by atomic mass is 10.1. The zero-order valence-electron chi connectivity index (χ0n) is 15.0. The number of guanidine groups is 1. The highest BCUT2D eigenvalue weighted by molar-refractivity contribution is 9.10. The van der Waals surface area contributed by atoms with E-state index in [2.05, 4.69) is 68.4 Å². The van der Waals surface area contributed by atoms with Gasteiger partial charge in [-0.25, -0.2) is 0 Å². The van der Waals surface area contributed by atoms with E-state index in [9.17, 15) is 0 Å². The second-order valence-electron chi connectivity index (χ2n) is 6.25. The minimum Gasteiger partial charge on any atom is -0.352 e. The Kier molecular flexibility index (Phi) is 6.43. The first-order valence-electron chi connectivity index (χ1n) is 8.09. The molecule has 1 aromatic carbocycles. The Morgan fingerprint density at radius 2 is 2.17 bits per heavy atom. The highest BCUT2D eigenvalue weighted by atomic mass is 79.9. The summed E-state index contributed by atoms with van der Waals surface area (Å²) in [7, 11) is 5.83. The second-order valence-corrected chi connectivity index (χ2v) is 7.17. The van der Waals surface area contributed by atoms with Crippen molar-refractivity contribution in [3.8, 4) is 0 Å². The molecule has 2 aromatic rings. The van der Waals surface area contributed by atoms with Crippen molar-refractivity contribution in [2.24, 2.45) is 12.0 Å². The van der Waals surface area contributed by atoms with Crippen molar-refractivity contribution in [3.05, 3.63) is 51.8 Å². The Labute approximate surface area is 152 Å². The molecule has 0 aliphatic heterocycles. The minimum atomic E-state index is 0.409. The molecule has 0 radical (unpaired) electrons. The first kappa shape index (κ1) is 18.5. The van der Waals surface area contributed by atoms with Gasteiger partial charge >= 0.3 is 0 Å². The molecule has 0 atom stereocenters. The molecule has 5 nitrogen and oxygen atoms in total. The van der Waals surface area contributed by atoms with Gasteiger partial charge in [0.05, 0.1) is 5.69 Å². The van der Waals surface area contributed by atoms with Gasteiger partial charge in [-0.1, -0.05) is 41.9 Å². The zero-order chi connectivity index (χ0) is 17.7. The second kappa shape index (κ2) is 8.33. The average Bonchev–Trinajstić information content (AvgIpc) is 2.88. The van der Waals surface area contributed by atoms with E-state index in [1.54, 1.807) is 0 Å². The molecule has 1 heterocycles. The lowest BCUT2D eigenvalue weighted by Crippen LogP contribution is -2.38. The van der Waals surface area contributed by atoms with Crippen molar-refractivity contribution in [2.45, 2.75) is 32.9 Å². The van der Waals surface area contributed by atoms with Gasteiger partial charge in [0.2, 0.25) is 0 Å². The van der Waals surface area contributed by atoms with Gasteiger partial charge in [-0.2, -0.15) is 5.10 Å². The average molecular weight is 392 g/mol. The van der Waals surface area contributed by atoms with Crippen molar-refractivity contribution in [1.29, 1.82) is 0 Å². The highest BCUT2D eigenvalue weighted by Gasteiger charge is 2.15. The molecule has 0 aliphatic carbocycles. The van der Waals surface area contributed by atoms with Crippen LogP contribution in [-0.4, -0.2) is 34.7 Å². The van der Waals surface area contributed by atoms with Crippen molar-refractivity contribution in [3.63, 3.8) is 0 Å². The van der Waals surface area contributed by atoms with Crippen LogP contribution < -0.4 is 5.32 Å². The smallest absolute Gasteiger partial charge is 0.193 e. The van der Waals surface area contributed by atoms with Gasteiger partial charge in [0.1, 0.15) is 0 Å². The summed E-state index contributed by atoms with van der Waals surface area (Å²) in [4.78, 5) is 6.52. The van der Waals surface area contributed by atoms with Crippen molar-refractivity contribution in [1.82, 2.24) is 20.0 Å².